The van der Waals surface area contributed by atoms with Crippen molar-refractivity contribution in [1.82, 2.24) is 20.2 Å². The number of nitrogens with zero attached hydrogens (tertiary/aromatic N) is 3. The van der Waals surface area contributed by atoms with Gasteiger partial charge in [-0.2, -0.15) is 0 Å². The van der Waals surface area contributed by atoms with E-state index in [-0.39, 0.29) is 7.46 Å². The van der Waals surface area contributed by atoms with E-state index in [9.17, 15) is 4.79 Å². The van der Waals surface area contributed by atoms with Crippen LogP contribution in [0, 0.1) is 6.92 Å². The standard InChI is InChI=1S/C15H21N3O.C8H7NS.H2/c1-3-13-10-18(11-14(13)4-2)15(19)17-9-12-6-5-7-16-8-12;1-6-2-3-7-8(4-6)10-5-9-7;/h5-8H,3-4,9-11H2,1-2H3,(H,17,19);2-5H,1H3;1H. The van der Waals surface area contributed by atoms with E-state index in [0.717, 1.165) is 37.0 Å². The van der Waals surface area contributed by atoms with Crippen molar-refractivity contribution in [2.24, 2.45) is 0 Å². The van der Waals surface area contributed by atoms with E-state index in [1.165, 1.54) is 21.4 Å². The van der Waals surface area contributed by atoms with Crippen molar-refractivity contribution < 1.29 is 6.22 Å². The van der Waals surface area contributed by atoms with Crippen LogP contribution in [0.5, 0.6) is 0 Å². The molecule has 0 saturated carbocycles. The van der Waals surface area contributed by atoms with Crippen LogP contribution < -0.4 is 5.32 Å². The van der Waals surface area contributed by atoms with Gasteiger partial charge in [0.1, 0.15) is 0 Å². The van der Waals surface area contributed by atoms with Gasteiger partial charge in [-0.15, -0.1) is 11.3 Å². The first kappa shape index (κ1) is 21.0. The number of hydrogen-bond acceptors (Lipinski definition) is 4. The Labute approximate surface area is 178 Å². The molecule has 1 aromatic carbocycles. The molecular weight excluding hydrogens is 380 g/mol. The number of thiazole rings is 1. The normalized spacial score (nSPS) is 13.4. The monoisotopic (exact) mass is 410 g/mol. The number of urea groups is 1. The highest BCUT2D eigenvalue weighted by Crippen LogP contribution is 2.22. The molecule has 1 aliphatic heterocycles. The molecule has 4 rings (SSSR count). The number of aromatic nitrogens is 2. The highest BCUT2D eigenvalue weighted by Gasteiger charge is 2.23. The van der Waals surface area contributed by atoms with Crippen LogP contribution in [0.15, 0.2) is 59.4 Å². The lowest BCUT2D eigenvalue weighted by molar-refractivity contribution is 0.209. The van der Waals surface area contributed by atoms with Gasteiger partial charge in [-0.1, -0.05) is 37.1 Å². The van der Waals surface area contributed by atoms with E-state index >= 15 is 0 Å². The lowest BCUT2D eigenvalue weighted by Crippen LogP contribution is -2.38. The quantitative estimate of drug-likeness (QED) is 0.572. The molecule has 2 aromatic heterocycles. The van der Waals surface area contributed by atoms with Gasteiger partial charge in [0.25, 0.3) is 0 Å². The summed E-state index contributed by atoms with van der Waals surface area (Å²) in [5, 5.41) is 2.95. The van der Waals surface area contributed by atoms with Gasteiger partial charge < -0.3 is 10.2 Å². The van der Waals surface area contributed by atoms with Gasteiger partial charge in [0.05, 0.1) is 15.7 Å². The molecule has 0 radical (unpaired) electrons. The lowest BCUT2D eigenvalue weighted by Gasteiger charge is -2.17. The van der Waals surface area contributed by atoms with Crippen LogP contribution in [0.4, 0.5) is 4.79 Å². The Morgan fingerprint density at radius 2 is 1.97 bits per heavy atom. The van der Waals surface area contributed by atoms with Crippen molar-refractivity contribution in [3.8, 4) is 0 Å². The van der Waals surface area contributed by atoms with E-state index in [2.05, 4.69) is 54.3 Å². The van der Waals surface area contributed by atoms with Crippen molar-refractivity contribution >= 4 is 27.6 Å². The second-order valence-electron chi connectivity index (χ2n) is 7.11. The van der Waals surface area contributed by atoms with Crippen molar-refractivity contribution in [2.75, 3.05) is 13.1 Å². The predicted octanol–water partition coefficient (Wildman–Crippen LogP) is 5.57. The van der Waals surface area contributed by atoms with E-state index < -0.39 is 0 Å². The minimum atomic E-state index is 0. The summed E-state index contributed by atoms with van der Waals surface area (Å²) in [6.45, 7) is 8.49. The van der Waals surface area contributed by atoms with Crippen LogP contribution in [0.3, 0.4) is 0 Å². The van der Waals surface area contributed by atoms with Crippen LogP contribution in [-0.2, 0) is 6.54 Å². The zero-order chi connectivity index (χ0) is 20.6. The molecule has 0 saturated heterocycles. The summed E-state index contributed by atoms with van der Waals surface area (Å²) in [4.78, 5) is 22.2. The molecule has 0 unspecified atom stereocenters. The van der Waals surface area contributed by atoms with Gasteiger partial charge in [-0.3, -0.25) is 4.98 Å². The number of amides is 2. The second kappa shape index (κ2) is 10.2. The Hall–Kier alpha value is -2.73. The summed E-state index contributed by atoms with van der Waals surface area (Å²) in [6.07, 6.45) is 5.58. The van der Waals surface area contributed by atoms with Crippen molar-refractivity contribution in [3.63, 3.8) is 0 Å². The van der Waals surface area contributed by atoms with Gasteiger partial charge in [-0.25, -0.2) is 9.78 Å². The fourth-order valence-electron chi connectivity index (χ4n) is 3.36. The fourth-order valence-corrected chi connectivity index (χ4v) is 4.14. The molecule has 0 atom stereocenters. The zero-order valence-electron chi connectivity index (χ0n) is 17.3. The second-order valence-corrected chi connectivity index (χ2v) is 8.00. The average molecular weight is 411 g/mol. The van der Waals surface area contributed by atoms with Crippen molar-refractivity contribution in [2.45, 2.75) is 40.2 Å². The van der Waals surface area contributed by atoms with E-state index in [4.69, 9.17) is 0 Å². The molecule has 0 aliphatic carbocycles. The maximum absolute atomic E-state index is 12.1. The number of nitrogens with one attached hydrogen (secondary N) is 1. The molecule has 2 amide bonds. The zero-order valence-corrected chi connectivity index (χ0v) is 18.1. The minimum absolute atomic E-state index is 0. The number of fused-ring (bicyclic) bond motifs is 1. The van der Waals surface area contributed by atoms with E-state index in [1.54, 1.807) is 23.7 Å². The number of pyridine rings is 1. The summed E-state index contributed by atoms with van der Waals surface area (Å²) >= 11 is 1.69. The summed E-state index contributed by atoms with van der Waals surface area (Å²) in [7, 11) is 0. The lowest BCUT2D eigenvalue weighted by atomic mass is 10.1. The Morgan fingerprint density at radius 3 is 2.62 bits per heavy atom. The van der Waals surface area contributed by atoms with Gasteiger partial charge in [0.2, 0.25) is 0 Å². The van der Waals surface area contributed by atoms with Gasteiger partial charge >= 0.3 is 6.03 Å². The number of carbonyl (C=O) groups excluding carboxylic acids is 1. The first-order valence-electron chi connectivity index (χ1n) is 10.0. The summed E-state index contributed by atoms with van der Waals surface area (Å²) in [5.41, 5.74) is 8.14. The molecular formula is C23H30N4OS. The molecule has 29 heavy (non-hydrogen) atoms. The summed E-state index contributed by atoms with van der Waals surface area (Å²) in [5.74, 6) is 0. The van der Waals surface area contributed by atoms with Gasteiger partial charge in [-0.05, 0) is 49.1 Å². The Bertz CT molecular complexity index is 971. The van der Waals surface area contributed by atoms with Crippen LogP contribution >= 0.6 is 11.3 Å². The molecule has 5 nitrogen and oxygen atoms in total. The molecule has 0 fully saturated rings. The maximum Gasteiger partial charge on any atom is 0.318 e. The highest BCUT2D eigenvalue weighted by molar-refractivity contribution is 7.16. The molecule has 1 N–H and O–H groups in total. The molecule has 1 aliphatic rings. The Balaban J connectivity index is 0.000000245. The fraction of sp³-hybridized carbons (Fsp3) is 0.348. The first-order valence-corrected chi connectivity index (χ1v) is 10.9. The SMILES string of the molecule is CCC1=C(CC)CN(C(=O)NCc2cccnc2)C1.Cc1ccc2ncsc2c1.[HH]. The number of carbonyl (C=O) groups is 1. The van der Waals surface area contributed by atoms with Crippen LogP contribution in [0.2, 0.25) is 0 Å². The number of hydrogen-bond donors (Lipinski definition) is 1. The van der Waals surface area contributed by atoms with Crippen molar-refractivity contribution in [3.05, 3.63) is 70.5 Å². The largest absolute Gasteiger partial charge is 0.334 e. The smallest absolute Gasteiger partial charge is 0.318 e. The topological polar surface area (TPSA) is 58.1 Å². The minimum Gasteiger partial charge on any atom is -0.334 e. The average Bonchev–Trinajstić information content (AvgIpc) is 3.39. The first-order chi connectivity index (χ1) is 14.1. The summed E-state index contributed by atoms with van der Waals surface area (Å²) in [6, 6.07) is 10.2. The maximum atomic E-state index is 12.1. The molecule has 3 aromatic rings. The number of rotatable bonds is 4. The van der Waals surface area contributed by atoms with Gasteiger partial charge in [0.15, 0.2) is 0 Å². The molecule has 0 bridgehead atoms. The Morgan fingerprint density at radius 1 is 1.21 bits per heavy atom. The van der Waals surface area contributed by atoms with Gasteiger partial charge in [0, 0.05) is 33.5 Å². The molecule has 6 heteroatoms. The summed E-state index contributed by atoms with van der Waals surface area (Å²) < 4.78 is 1.28. The molecule has 3 heterocycles. The number of aryl methyl sites for hydroxylation is 1. The molecule has 0 spiro atoms. The number of benzene rings is 1. The third-order valence-electron chi connectivity index (χ3n) is 5.06. The van der Waals surface area contributed by atoms with E-state index in [0.29, 0.717) is 6.54 Å². The predicted molar refractivity (Wildman–Crippen MR) is 122 cm³/mol. The highest BCUT2D eigenvalue weighted by atomic mass is 32.1. The third kappa shape index (κ3) is 5.64. The van der Waals surface area contributed by atoms with Crippen molar-refractivity contribution in [1.29, 1.82) is 0 Å². The molecule has 154 valence electrons. The van der Waals surface area contributed by atoms with Crippen LogP contribution in [0.25, 0.3) is 10.2 Å². The van der Waals surface area contributed by atoms with Crippen LogP contribution in [-0.4, -0.2) is 34.0 Å². The third-order valence-corrected chi connectivity index (χ3v) is 5.85. The van der Waals surface area contributed by atoms with Crippen LogP contribution in [0.1, 0.15) is 39.2 Å². The van der Waals surface area contributed by atoms with E-state index in [1.807, 2.05) is 22.5 Å². The Kier molecular flexibility index (Phi) is 7.36.